The van der Waals surface area contributed by atoms with E-state index >= 15 is 0 Å². The Bertz CT molecular complexity index is 699. The third-order valence-electron chi connectivity index (χ3n) is 5.69. The Morgan fingerprint density at radius 2 is 2.07 bits per heavy atom. The number of rotatable bonds is 7. The van der Waals surface area contributed by atoms with Crippen molar-refractivity contribution in [1.29, 1.82) is 0 Å². The monoisotopic (exact) mass is 550 g/mol. The van der Waals surface area contributed by atoms with Crippen molar-refractivity contribution in [3.63, 3.8) is 0 Å². The Labute approximate surface area is 202 Å². The zero-order valence-corrected chi connectivity index (χ0v) is 22.1. The number of nitrogens with zero attached hydrogens (tertiary/aromatic N) is 2. The molecule has 3 rings (SSSR count). The first-order chi connectivity index (χ1) is 13.8. The minimum absolute atomic E-state index is 0. The molecule has 1 aliphatic carbocycles. The summed E-state index contributed by atoms with van der Waals surface area (Å²) in [4.78, 5) is 9.90. The summed E-state index contributed by atoms with van der Waals surface area (Å²) in [5.74, 6) is 0.765. The van der Waals surface area contributed by atoms with Gasteiger partial charge in [0.2, 0.25) is 0 Å². The van der Waals surface area contributed by atoms with Gasteiger partial charge in [0.25, 0.3) is 0 Å². The van der Waals surface area contributed by atoms with Crippen LogP contribution in [0.1, 0.15) is 49.4 Å². The van der Waals surface area contributed by atoms with Crippen molar-refractivity contribution >= 4 is 41.3 Å². The molecular weight excluding hydrogens is 511 g/mol. The maximum Gasteiger partial charge on any atom is 0.191 e. The summed E-state index contributed by atoms with van der Waals surface area (Å²) < 4.78 is 5.39. The Hall–Kier alpha value is -0.420. The van der Waals surface area contributed by atoms with E-state index in [2.05, 4.69) is 42.4 Å². The number of hydrogen-bond donors (Lipinski definition) is 3. The number of nitrogens with one attached hydrogen (secondary N) is 2. The van der Waals surface area contributed by atoms with Crippen LogP contribution in [0.4, 0.5) is 0 Å². The van der Waals surface area contributed by atoms with Gasteiger partial charge in [-0.2, -0.15) is 0 Å². The molecule has 2 aliphatic rings. The van der Waals surface area contributed by atoms with Crippen LogP contribution < -0.4 is 10.6 Å². The van der Waals surface area contributed by atoms with Crippen LogP contribution in [0, 0.1) is 5.41 Å². The number of morpholine rings is 1. The fourth-order valence-corrected chi connectivity index (χ4v) is 5.21. The van der Waals surface area contributed by atoms with E-state index in [1.807, 2.05) is 18.3 Å². The molecule has 0 spiro atoms. The molecule has 1 unspecified atom stereocenters. The molecular formula is C22H39IN4O2S. The molecule has 1 aliphatic heterocycles. The summed E-state index contributed by atoms with van der Waals surface area (Å²) >= 11 is 1.91. The number of aryl methyl sites for hydroxylation is 1. The zero-order valence-electron chi connectivity index (χ0n) is 18.9. The van der Waals surface area contributed by atoms with Crippen LogP contribution in [-0.4, -0.2) is 67.5 Å². The van der Waals surface area contributed by atoms with Gasteiger partial charge in [0.05, 0.1) is 25.4 Å². The second kappa shape index (κ2) is 11.4. The van der Waals surface area contributed by atoms with Crippen molar-refractivity contribution in [2.24, 2.45) is 10.4 Å². The lowest BCUT2D eigenvalue weighted by Crippen LogP contribution is -2.52. The lowest BCUT2D eigenvalue weighted by Gasteiger charge is -2.34. The average Bonchev–Trinajstić information content (AvgIpc) is 3.05. The van der Waals surface area contributed by atoms with E-state index in [0.717, 1.165) is 38.8 Å². The van der Waals surface area contributed by atoms with Crippen LogP contribution in [0.5, 0.6) is 0 Å². The molecule has 30 heavy (non-hydrogen) atoms. The normalized spacial score (nSPS) is 21.3. The molecule has 0 aromatic carbocycles. The first-order valence-corrected chi connectivity index (χ1v) is 11.7. The Morgan fingerprint density at radius 1 is 1.33 bits per heavy atom. The van der Waals surface area contributed by atoms with Gasteiger partial charge in [-0.1, -0.05) is 13.8 Å². The molecule has 1 aromatic rings. The first-order valence-electron chi connectivity index (χ1n) is 10.9. The first kappa shape index (κ1) is 25.8. The highest BCUT2D eigenvalue weighted by Gasteiger charge is 2.27. The predicted molar refractivity (Wildman–Crippen MR) is 136 cm³/mol. The molecule has 0 amide bonds. The summed E-state index contributed by atoms with van der Waals surface area (Å²) in [5.41, 5.74) is 1.11. The molecule has 172 valence electrons. The van der Waals surface area contributed by atoms with Crippen molar-refractivity contribution in [2.75, 3.05) is 45.9 Å². The summed E-state index contributed by atoms with van der Waals surface area (Å²) in [7, 11) is 0. The minimum Gasteiger partial charge on any atom is -0.387 e. The molecule has 2 heterocycles. The molecule has 0 bridgehead atoms. The van der Waals surface area contributed by atoms with Crippen molar-refractivity contribution in [2.45, 2.75) is 59.1 Å². The number of aliphatic imine (C=N–C) groups is 1. The van der Waals surface area contributed by atoms with E-state index < -0.39 is 5.60 Å². The number of β-amino-alcohol motifs (C(OH)–C–C–N with tert-alkyl or cyclic N) is 1. The van der Waals surface area contributed by atoms with Crippen molar-refractivity contribution in [1.82, 2.24) is 15.5 Å². The van der Waals surface area contributed by atoms with Gasteiger partial charge < -0.3 is 20.5 Å². The second-order valence-electron chi connectivity index (χ2n) is 9.44. The van der Waals surface area contributed by atoms with Crippen LogP contribution >= 0.6 is 35.3 Å². The number of halogens is 1. The fraction of sp³-hybridized carbons (Fsp3) is 0.773. The van der Waals surface area contributed by atoms with Crippen LogP contribution in [0.2, 0.25) is 0 Å². The van der Waals surface area contributed by atoms with Crippen molar-refractivity contribution in [3.8, 4) is 0 Å². The number of thiophene rings is 1. The topological polar surface area (TPSA) is 69.1 Å². The summed E-state index contributed by atoms with van der Waals surface area (Å²) in [5, 5.41) is 17.4. The Balaban J connectivity index is 0.00000320. The smallest absolute Gasteiger partial charge is 0.191 e. The van der Waals surface area contributed by atoms with Crippen molar-refractivity contribution < 1.29 is 9.84 Å². The summed E-state index contributed by atoms with van der Waals surface area (Å²) in [6.07, 6.45) is 3.64. The van der Waals surface area contributed by atoms with E-state index in [9.17, 15) is 5.11 Å². The molecule has 3 N–H and O–H groups in total. The van der Waals surface area contributed by atoms with E-state index in [4.69, 9.17) is 9.73 Å². The number of fused-ring (bicyclic) bond motifs is 1. The Morgan fingerprint density at radius 3 is 2.77 bits per heavy atom. The largest absolute Gasteiger partial charge is 0.387 e. The SMILES string of the molecule is CCNC(=NCc1cc2c(s1)CCC(C)(C)C2)NCC(C)(O)CN1CCOCC1.I. The highest BCUT2D eigenvalue weighted by molar-refractivity contribution is 14.0. The third kappa shape index (κ3) is 7.93. The van der Waals surface area contributed by atoms with Gasteiger partial charge in [0, 0.05) is 42.5 Å². The summed E-state index contributed by atoms with van der Waals surface area (Å²) in [6, 6.07) is 2.35. The van der Waals surface area contributed by atoms with E-state index in [0.29, 0.717) is 25.0 Å². The molecule has 1 atom stereocenters. The Kier molecular flexibility index (Phi) is 9.86. The van der Waals surface area contributed by atoms with Gasteiger partial charge in [-0.15, -0.1) is 35.3 Å². The maximum absolute atomic E-state index is 10.8. The molecule has 0 saturated carbocycles. The molecule has 0 radical (unpaired) electrons. The van der Waals surface area contributed by atoms with Gasteiger partial charge in [-0.05, 0) is 50.2 Å². The van der Waals surface area contributed by atoms with E-state index in [1.165, 1.54) is 29.7 Å². The highest BCUT2D eigenvalue weighted by atomic mass is 127. The highest BCUT2D eigenvalue weighted by Crippen LogP contribution is 2.38. The lowest BCUT2D eigenvalue weighted by atomic mass is 9.77. The predicted octanol–water partition coefficient (Wildman–Crippen LogP) is 3.02. The van der Waals surface area contributed by atoms with Crippen LogP contribution in [0.3, 0.4) is 0 Å². The average molecular weight is 551 g/mol. The minimum atomic E-state index is -0.818. The molecule has 1 saturated heterocycles. The molecule has 1 aromatic heterocycles. The third-order valence-corrected chi connectivity index (χ3v) is 6.91. The van der Waals surface area contributed by atoms with Gasteiger partial charge in [0.1, 0.15) is 0 Å². The fourth-order valence-electron chi connectivity index (χ4n) is 4.09. The molecule has 8 heteroatoms. The van der Waals surface area contributed by atoms with Crippen LogP contribution in [-0.2, 0) is 24.1 Å². The number of guanidine groups is 1. The van der Waals surface area contributed by atoms with Crippen LogP contribution in [0.25, 0.3) is 0 Å². The molecule has 1 fully saturated rings. The number of aliphatic hydroxyl groups is 1. The lowest BCUT2D eigenvalue weighted by molar-refractivity contribution is -0.0201. The van der Waals surface area contributed by atoms with E-state index in [1.54, 1.807) is 4.88 Å². The van der Waals surface area contributed by atoms with Crippen molar-refractivity contribution in [3.05, 3.63) is 21.4 Å². The van der Waals surface area contributed by atoms with Gasteiger partial charge in [-0.25, -0.2) is 4.99 Å². The van der Waals surface area contributed by atoms with Gasteiger partial charge >= 0.3 is 0 Å². The molecule has 6 nitrogen and oxygen atoms in total. The quantitative estimate of drug-likeness (QED) is 0.277. The number of hydrogen-bond acceptors (Lipinski definition) is 5. The zero-order chi connectivity index (χ0) is 20.9. The summed E-state index contributed by atoms with van der Waals surface area (Å²) in [6.45, 7) is 14.5. The van der Waals surface area contributed by atoms with Gasteiger partial charge in [0.15, 0.2) is 5.96 Å². The second-order valence-corrected chi connectivity index (χ2v) is 10.7. The van der Waals surface area contributed by atoms with Crippen LogP contribution in [0.15, 0.2) is 11.1 Å². The van der Waals surface area contributed by atoms with Gasteiger partial charge in [-0.3, -0.25) is 4.90 Å². The number of ether oxygens (including phenoxy) is 1. The standard InChI is InChI=1S/C22H38N4O2S.HI/c1-5-23-20(25-15-22(4,27)16-26-8-10-28-11-9-26)24-14-18-12-17-13-21(2,3)7-6-19(17)29-18;/h12,27H,5-11,13-16H2,1-4H3,(H2,23,24,25);1H. The maximum atomic E-state index is 10.8. The van der Waals surface area contributed by atoms with E-state index in [-0.39, 0.29) is 24.0 Å².